The van der Waals surface area contributed by atoms with Gasteiger partial charge in [0.25, 0.3) is 0 Å². The molecule has 0 saturated carbocycles. The Balaban J connectivity index is 3.21. The molecule has 0 aliphatic heterocycles. The first-order valence-corrected chi connectivity index (χ1v) is 12.0. The van der Waals surface area contributed by atoms with Gasteiger partial charge in [0.05, 0.1) is 0 Å². The van der Waals surface area contributed by atoms with E-state index in [1.807, 2.05) is 0 Å². The minimum absolute atomic E-state index is 0.0180. The SMILES string of the molecule is CCN(CC)CCOC(=O)CCCCCCCCCCCCCCC(C)C. The third-order valence-electron chi connectivity index (χ3n) is 5.48. The largest absolute Gasteiger partial charge is 0.464 e. The number of carbonyl (C=O) groups excluding carboxylic acids is 1. The van der Waals surface area contributed by atoms with Gasteiger partial charge in [-0.1, -0.05) is 105 Å². The highest BCUT2D eigenvalue weighted by molar-refractivity contribution is 5.69. The molecule has 0 aromatic carbocycles. The second-order valence-electron chi connectivity index (χ2n) is 8.42. The maximum atomic E-state index is 11.7. The van der Waals surface area contributed by atoms with E-state index in [0.717, 1.165) is 32.0 Å². The highest BCUT2D eigenvalue weighted by atomic mass is 16.5. The monoisotopic (exact) mass is 383 g/mol. The highest BCUT2D eigenvalue weighted by Crippen LogP contribution is 2.14. The molecule has 0 amide bonds. The van der Waals surface area contributed by atoms with Gasteiger partial charge < -0.3 is 9.64 Å². The van der Waals surface area contributed by atoms with Crippen molar-refractivity contribution in [1.82, 2.24) is 4.90 Å². The third-order valence-corrected chi connectivity index (χ3v) is 5.48. The van der Waals surface area contributed by atoms with E-state index in [-0.39, 0.29) is 5.97 Å². The molecule has 0 bridgehead atoms. The molecule has 0 saturated heterocycles. The summed E-state index contributed by atoms with van der Waals surface area (Å²) in [6.07, 6.45) is 18.0. The number of hydrogen-bond donors (Lipinski definition) is 0. The molecule has 0 aromatic rings. The number of carbonyl (C=O) groups is 1. The lowest BCUT2D eigenvalue weighted by Crippen LogP contribution is -2.27. The highest BCUT2D eigenvalue weighted by Gasteiger charge is 2.04. The van der Waals surface area contributed by atoms with Gasteiger partial charge in [0.1, 0.15) is 6.61 Å². The van der Waals surface area contributed by atoms with Crippen LogP contribution >= 0.6 is 0 Å². The Hall–Kier alpha value is -0.570. The number of unbranched alkanes of at least 4 members (excludes halogenated alkanes) is 11. The van der Waals surface area contributed by atoms with E-state index in [1.54, 1.807) is 0 Å². The molecule has 3 heteroatoms. The maximum Gasteiger partial charge on any atom is 0.305 e. The molecule has 0 rings (SSSR count). The van der Waals surface area contributed by atoms with Crippen molar-refractivity contribution in [1.29, 1.82) is 0 Å². The van der Waals surface area contributed by atoms with E-state index in [0.29, 0.717) is 13.0 Å². The summed E-state index contributed by atoms with van der Waals surface area (Å²) >= 11 is 0. The molecule has 0 unspecified atom stereocenters. The van der Waals surface area contributed by atoms with Gasteiger partial charge in [-0.15, -0.1) is 0 Å². The predicted molar refractivity (Wildman–Crippen MR) is 118 cm³/mol. The van der Waals surface area contributed by atoms with Crippen LogP contribution in [-0.4, -0.2) is 37.1 Å². The van der Waals surface area contributed by atoms with Gasteiger partial charge in [-0.2, -0.15) is 0 Å². The van der Waals surface area contributed by atoms with Crippen molar-refractivity contribution in [2.75, 3.05) is 26.2 Å². The van der Waals surface area contributed by atoms with E-state index in [4.69, 9.17) is 4.74 Å². The minimum atomic E-state index is -0.0180. The molecule has 0 aliphatic rings. The Morgan fingerprint density at radius 3 is 1.63 bits per heavy atom. The van der Waals surface area contributed by atoms with Gasteiger partial charge in [0.15, 0.2) is 0 Å². The molecule has 0 aromatic heterocycles. The van der Waals surface area contributed by atoms with E-state index < -0.39 is 0 Å². The van der Waals surface area contributed by atoms with Gasteiger partial charge >= 0.3 is 5.97 Å². The van der Waals surface area contributed by atoms with Gasteiger partial charge in [0.2, 0.25) is 0 Å². The average Bonchev–Trinajstić information content (AvgIpc) is 2.65. The van der Waals surface area contributed by atoms with Crippen molar-refractivity contribution < 1.29 is 9.53 Å². The summed E-state index contributed by atoms with van der Waals surface area (Å²) in [6.45, 7) is 12.4. The van der Waals surface area contributed by atoms with Crippen molar-refractivity contribution in [3.8, 4) is 0 Å². The summed E-state index contributed by atoms with van der Waals surface area (Å²) in [4.78, 5) is 14.0. The summed E-state index contributed by atoms with van der Waals surface area (Å²) in [6, 6.07) is 0. The van der Waals surface area contributed by atoms with Crippen molar-refractivity contribution in [2.45, 2.75) is 118 Å². The summed E-state index contributed by atoms with van der Waals surface area (Å²) in [5.74, 6) is 0.851. The number of likely N-dealkylation sites (N-methyl/N-ethyl adjacent to an activating group) is 1. The maximum absolute atomic E-state index is 11.7. The van der Waals surface area contributed by atoms with Crippen molar-refractivity contribution in [3.05, 3.63) is 0 Å². The normalized spacial score (nSPS) is 11.5. The topological polar surface area (TPSA) is 29.5 Å². The van der Waals surface area contributed by atoms with Crippen molar-refractivity contribution in [3.63, 3.8) is 0 Å². The van der Waals surface area contributed by atoms with Crippen LogP contribution < -0.4 is 0 Å². The first-order valence-electron chi connectivity index (χ1n) is 12.0. The van der Waals surface area contributed by atoms with Crippen LogP contribution in [-0.2, 0) is 9.53 Å². The van der Waals surface area contributed by atoms with Crippen LogP contribution in [0.15, 0.2) is 0 Å². The number of ether oxygens (including phenoxy) is 1. The Kier molecular flexibility index (Phi) is 19.7. The Morgan fingerprint density at radius 1 is 0.741 bits per heavy atom. The lowest BCUT2D eigenvalue weighted by molar-refractivity contribution is -0.144. The van der Waals surface area contributed by atoms with Crippen molar-refractivity contribution >= 4 is 5.97 Å². The lowest BCUT2D eigenvalue weighted by atomic mass is 10.0. The van der Waals surface area contributed by atoms with Crippen LogP contribution in [0.3, 0.4) is 0 Å². The smallest absolute Gasteiger partial charge is 0.305 e. The van der Waals surface area contributed by atoms with Crippen LogP contribution in [0.5, 0.6) is 0 Å². The van der Waals surface area contributed by atoms with Crippen LogP contribution in [0, 0.1) is 5.92 Å². The van der Waals surface area contributed by atoms with E-state index in [2.05, 4.69) is 32.6 Å². The lowest BCUT2D eigenvalue weighted by Gasteiger charge is -2.17. The molecular weight excluding hydrogens is 334 g/mol. The zero-order chi connectivity index (χ0) is 20.2. The zero-order valence-corrected chi connectivity index (χ0v) is 19.1. The molecule has 0 heterocycles. The molecule has 0 radical (unpaired) electrons. The molecule has 0 aliphatic carbocycles. The summed E-state index contributed by atoms with van der Waals surface area (Å²) in [7, 11) is 0. The minimum Gasteiger partial charge on any atom is -0.464 e. The average molecular weight is 384 g/mol. The fourth-order valence-corrected chi connectivity index (χ4v) is 3.49. The quantitative estimate of drug-likeness (QED) is 0.168. The third kappa shape index (κ3) is 20.0. The van der Waals surface area contributed by atoms with Crippen LogP contribution in [0.2, 0.25) is 0 Å². The van der Waals surface area contributed by atoms with Gasteiger partial charge in [0, 0.05) is 13.0 Å². The van der Waals surface area contributed by atoms with Crippen molar-refractivity contribution in [2.24, 2.45) is 5.92 Å². The number of hydrogen-bond acceptors (Lipinski definition) is 3. The Labute approximate surface area is 170 Å². The van der Waals surface area contributed by atoms with E-state index in [9.17, 15) is 4.79 Å². The molecule has 3 nitrogen and oxygen atoms in total. The summed E-state index contributed by atoms with van der Waals surface area (Å²) in [5.41, 5.74) is 0. The number of nitrogens with zero attached hydrogens (tertiary/aromatic N) is 1. The molecule has 0 spiro atoms. The Morgan fingerprint density at radius 2 is 1.19 bits per heavy atom. The molecule has 0 fully saturated rings. The number of rotatable bonds is 20. The first-order chi connectivity index (χ1) is 13.1. The van der Waals surface area contributed by atoms with Gasteiger partial charge in [-0.25, -0.2) is 0 Å². The fraction of sp³-hybridized carbons (Fsp3) is 0.958. The first kappa shape index (κ1) is 26.4. The van der Waals surface area contributed by atoms with E-state index in [1.165, 1.54) is 77.0 Å². The molecule has 0 N–H and O–H groups in total. The van der Waals surface area contributed by atoms with Gasteiger partial charge in [-0.3, -0.25) is 4.79 Å². The molecule has 162 valence electrons. The van der Waals surface area contributed by atoms with E-state index >= 15 is 0 Å². The fourth-order valence-electron chi connectivity index (χ4n) is 3.49. The standard InChI is InChI=1S/C24H49NO2/c1-5-25(6-2)21-22-27-24(26)20-18-16-14-12-10-8-7-9-11-13-15-17-19-23(3)4/h23H,5-22H2,1-4H3. The summed E-state index contributed by atoms with van der Waals surface area (Å²) < 4.78 is 5.31. The second kappa shape index (κ2) is 20.2. The zero-order valence-electron chi connectivity index (χ0n) is 19.1. The van der Waals surface area contributed by atoms with Crippen LogP contribution in [0.4, 0.5) is 0 Å². The number of esters is 1. The Bertz CT molecular complexity index is 314. The predicted octanol–water partition coefficient (Wildman–Crippen LogP) is 6.99. The molecule has 27 heavy (non-hydrogen) atoms. The molecular formula is C24H49NO2. The van der Waals surface area contributed by atoms with Crippen LogP contribution in [0.25, 0.3) is 0 Å². The van der Waals surface area contributed by atoms with Gasteiger partial charge in [-0.05, 0) is 25.4 Å². The van der Waals surface area contributed by atoms with Crippen LogP contribution in [0.1, 0.15) is 118 Å². The summed E-state index contributed by atoms with van der Waals surface area (Å²) in [5, 5.41) is 0. The second-order valence-corrected chi connectivity index (χ2v) is 8.42. The molecule has 0 atom stereocenters.